The number of ether oxygens (including phenoxy) is 1. The third-order valence-corrected chi connectivity index (χ3v) is 3.49. The number of benzene rings is 1. The number of carboxylic acids is 1. The second kappa shape index (κ2) is 10.3. The summed E-state index contributed by atoms with van der Waals surface area (Å²) in [6.07, 6.45) is -0.174. The van der Waals surface area contributed by atoms with E-state index in [4.69, 9.17) is 4.74 Å². The van der Waals surface area contributed by atoms with Crippen LogP contribution in [-0.4, -0.2) is 41.8 Å². The van der Waals surface area contributed by atoms with Crippen LogP contribution >= 0.6 is 0 Å². The molecule has 0 spiro atoms. The number of carbonyl (C=O) groups excluding carboxylic acids is 2. The maximum absolute atomic E-state index is 12.5. The van der Waals surface area contributed by atoms with Gasteiger partial charge in [-0.2, -0.15) is 0 Å². The molecular weight excluding hydrogens is 324 g/mol. The maximum atomic E-state index is 12.5. The number of rotatable bonds is 9. The number of aliphatic carboxylic acids is 1. The van der Waals surface area contributed by atoms with Crippen molar-refractivity contribution in [3.63, 3.8) is 0 Å². The summed E-state index contributed by atoms with van der Waals surface area (Å²) in [6, 6.07) is 7.23. The zero-order chi connectivity index (χ0) is 18.8. The van der Waals surface area contributed by atoms with Crippen LogP contribution < -0.4 is 10.6 Å². The van der Waals surface area contributed by atoms with E-state index in [1.165, 1.54) is 0 Å². The van der Waals surface area contributed by atoms with Crippen LogP contribution in [0.15, 0.2) is 30.3 Å². The summed E-state index contributed by atoms with van der Waals surface area (Å²) in [5.41, 5.74) is 0.843. The van der Waals surface area contributed by atoms with Crippen molar-refractivity contribution < 1.29 is 24.2 Å². The first-order chi connectivity index (χ1) is 11.8. The average Bonchev–Trinajstić information content (AvgIpc) is 2.54. The van der Waals surface area contributed by atoms with E-state index in [1.807, 2.05) is 44.2 Å². The molecule has 0 saturated carbocycles. The fourth-order valence-corrected chi connectivity index (χ4v) is 2.34. The lowest BCUT2D eigenvalue weighted by Crippen LogP contribution is -2.52. The van der Waals surface area contributed by atoms with Crippen molar-refractivity contribution in [2.45, 2.75) is 45.7 Å². The van der Waals surface area contributed by atoms with Gasteiger partial charge in [0.1, 0.15) is 12.1 Å². The molecule has 7 nitrogen and oxygen atoms in total. The van der Waals surface area contributed by atoms with Crippen molar-refractivity contribution in [3.8, 4) is 0 Å². The molecule has 1 aromatic rings. The minimum atomic E-state index is -1.10. The van der Waals surface area contributed by atoms with E-state index >= 15 is 0 Å². The Kier molecular flexibility index (Phi) is 8.46. The van der Waals surface area contributed by atoms with Crippen LogP contribution in [0.1, 0.15) is 32.8 Å². The molecule has 7 heteroatoms. The van der Waals surface area contributed by atoms with Crippen LogP contribution in [-0.2, 0) is 20.7 Å². The van der Waals surface area contributed by atoms with E-state index in [0.29, 0.717) is 6.42 Å². The molecule has 3 N–H and O–H groups in total. The molecule has 0 heterocycles. The van der Waals surface area contributed by atoms with E-state index < -0.39 is 30.1 Å². The lowest BCUT2D eigenvalue weighted by molar-refractivity contribution is -0.142. The molecule has 0 aliphatic carbocycles. The van der Waals surface area contributed by atoms with Gasteiger partial charge in [0.15, 0.2) is 0 Å². The Hall–Kier alpha value is -2.57. The van der Waals surface area contributed by atoms with Crippen LogP contribution in [0, 0.1) is 5.92 Å². The minimum Gasteiger partial charge on any atom is -0.480 e. The molecule has 0 fully saturated rings. The molecule has 0 saturated heterocycles. The highest BCUT2D eigenvalue weighted by Crippen LogP contribution is 2.08. The van der Waals surface area contributed by atoms with E-state index in [2.05, 4.69) is 10.6 Å². The number of amides is 2. The Labute approximate surface area is 147 Å². The topological polar surface area (TPSA) is 105 Å². The standard InChI is InChI=1S/C18H26N2O5/c1-4-25-18(24)20-14(11-13-8-6-5-7-9-13)16(21)19-15(17(22)23)10-12(2)3/h5-9,12,14-15H,4,10-11H2,1-3H3,(H,19,21)(H,20,24)(H,22,23)/t14-,15-/m0/s1. The molecule has 2 atom stereocenters. The highest BCUT2D eigenvalue weighted by atomic mass is 16.5. The van der Waals surface area contributed by atoms with Crippen LogP contribution in [0.5, 0.6) is 0 Å². The molecule has 0 aliphatic rings. The van der Waals surface area contributed by atoms with Gasteiger partial charge in [0.25, 0.3) is 0 Å². The Morgan fingerprint density at radius 2 is 1.72 bits per heavy atom. The van der Waals surface area contributed by atoms with Crippen molar-refractivity contribution in [1.29, 1.82) is 0 Å². The molecule has 0 aliphatic heterocycles. The normalized spacial score (nSPS) is 13.0. The van der Waals surface area contributed by atoms with Crippen molar-refractivity contribution in [2.24, 2.45) is 5.92 Å². The van der Waals surface area contributed by atoms with Gasteiger partial charge >= 0.3 is 12.1 Å². The number of nitrogens with one attached hydrogen (secondary N) is 2. The summed E-state index contributed by atoms with van der Waals surface area (Å²) in [7, 11) is 0. The van der Waals surface area contributed by atoms with Gasteiger partial charge in [0.2, 0.25) is 5.91 Å². The van der Waals surface area contributed by atoms with Gasteiger partial charge in [-0.3, -0.25) is 4.79 Å². The predicted molar refractivity (Wildman–Crippen MR) is 93.1 cm³/mol. The summed E-state index contributed by atoms with van der Waals surface area (Å²) in [5, 5.41) is 14.3. The Balaban J connectivity index is 2.86. The van der Waals surface area contributed by atoms with E-state index in [1.54, 1.807) is 6.92 Å². The quantitative estimate of drug-likeness (QED) is 0.631. The highest BCUT2D eigenvalue weighted by Gasteiger charge is 2.27. The van der Waals surface area contributed by atoms with Gasteiger partial charge in [-0.05, 0) is 24.8 Å². The first-order valence-electron chi connectivity index (χ1n) is 8.33. The first-order valence-corrected chi connectivity index (χ1v) is 8.33. The summed E-state index contributed by atoms with van der Waals surface area (Å²) in [6.45, 7) is 5.59. The zero-order valence-electron chi connectivity index (χ0n) is 14.8. The van der Waals surface area contributed by atoms with Crippen LogP contribution in [0.4, 0.5) is 4.79 Å². The van der Waals surface area contributed by atoms with Crippen LogP contribution in [0.25, 0.3) is 0 Å². The third kappa shape index (κ3) is 7.69. The van der Waals surface area contributed by atoms with Crippen molar-refractivity contribution >= 4 is 18.0 Å². The lowest BCUT2D eigenvalue weighted by atomic mass is 10.0. The summed E-state index contributed by atoms with van der Waals surface area (Å²) >= 11 is 0. The van der Waals surface area contributed by atoms with E-state index in [0.717, 1.165) is 5.56 Å². The summed E-state index contributed by atoms with van der Waals surface area (Å²) in [5.74, 6) is -1.55. The molecule has 0 aromatic heterocycles. The summed E-state index contributed by atoms with van der Waals surface area (Å²) < 4.78 is 4.83. The lowest BCUT2D eigenvalue weighted by Gasteiger charge is -2.22. The second-order valence-corrected chi connectivity index (χ2v) is 6.14. The Morgan fingerprint density at radius 3 is 2.24 bits per heavy atom. The monoisotopic (exact) mass is 350 g/mol. The molecule has 1 aromatic carbocycles. The minimum absolute atomic E-state index is 0.104. The number of carboxylic acid groups (broad SMARTS) is 1. The molecular formula is C18H26N2O5. The van der Waals surface area contributed by atoms with Gasteiger partial charge in [0, 0.05) is 6.42 Å². The highest BCUT2D eigenvalue weighted by molar-refractivity contribution is 5.89. The van der Waals surface area contributed by atoms with Gasteiger partial charge < -0.3 is 20.5 Å². The van der Waals surface area contributed by atoms with Crippen molar-refractivity contribution in [1.82, 2.24) is 10.6 Å². The molecule has 25 heavy (non-hydrogen) atoms. The van der Waals surface area contributed by atoms with E-state index in [9.17, 15) is 19.5 Å². The average molecular weight is 350 g/mol. The third-order valence-electron chi connectivity index (χ3n) is 3.49. The zero-order valence-corrected chi connectivity index (χ0v) is 14.8. The predicted octanol–water partition coefficient (Wildman–Crippen LogP) is 1.96. The molecule has 0 unspecified atom stereocenters. The number of alkyl carbamates (subject to hydrolysis) is 1. The Morgan fingerprint density at radius 1 is 1.08 bits per heavy atom. The van der Waals surface area contributed by atoms with Gasteiger partial charge in [-0.1, -0.05) is 44.2 Å². The largest absolute Gasteiger partial charge is 0.480 e. The molecule has 0 bridgehead atoms. The van der Waals surface area contributed by atoms with Crippen molar-refractivity contribution in [3.05, 3.63) is 35.9 Å². The molecule has 2 amide bonds. The fourth-order valence-electron chi connectivity index (χ4n) is 2.34. The number of hydrogen-bond acceptors (Lipinski definition) is 4. The maximum Gasteiger partial charge on any atom is 0.407 e. The van der Waals surface area contributed by atoms with Gasteiger partial charge in [-0.15, -0.1) is 0 Å². The smallest absolute Gasteiger partial charge is 0.407 e. The van der Waals surface area contributed by atoms with E-state index in [-0.39, 0.29) is 18.9 Å². The summed E-state index contributed by atoms with van der Waals surface area (Å²) in [4.78, 5) is 35.6. The van der Waals surface area contributed by atoms with Crippen LogP contribution in [0.2, 0.25) is 0 Å². The fraction of sp³-hybridized carbons (Fsp3) is 0.500. The van der Waals surface area contributed by atoms with Crippen molar-refractivity contribution in [2.75, 3.05) is 6.61 Å². The molecule has 1 rings (SSSR count). The SMILES string of the molecule is CCOC(=O)N[C@@H](Cc1ccccc1)C(=O)N[C@@H](CC(C)C)C(=O)O. The first kappa shape index (κ1) is 20.5. The Bertz CT molecular complexity index is 574. The molecule has 0 radical (unpaired) electrons. The molecule has 138 valence electrons. The number of hydrogen-bond donors (Lipinski definition) is 3. The van der Waals surface area contributed by atoms with Gasteiger partial charge in [-0.25, -0.2) is 9.59 Å². The van der Waals surface area contributed by atoms with Gasteiger partial charge in [0.05, 0.1) is 6.61 Å². The second-order valence-electron chi connectivity index (χ2n) is 6.14. The number of carbonyl (C=O) groups is 3. The van der Waals surface area contributed by atoms with Crippen LogP contribution in [0.3, 0.4) is 0 Å².